The van der Waals surface area contributed by atoms with Crippen LogP contribution in [0.15, 0.2) is 41.6 Å². The third kappa shape index (κ3) is 4.56. The molecule has 1 N–H and O–H groups in total. The summed E-state index contributed by atoms with van der Waals surface area (Å²) in [5.74, 6) is 1.11. The Balaban J connectivity index is 1.33. The lowest BCUT2D eigenvalue weighted by Gasteiger charge is -2.23. The van der Waals surface area contributed by atoms with E-state index in [1.54, 1.807) is 17.0 Å². The molecule has 28 heavy (non-hydrogen) atoms. The van der Waals surface area contributed by atoms with Crippen LogP contribution in [0.25, 0.3) is 0 Å². The molecule has 2 saturated heterocycles. The first-order chi connectivity index (χ1) is 13.7. The highest BCUT2D eigenvalue weighted by molar-refractivity contribution is 5.76. The van der Waals surface area contributed by atoms with Crippen LogP contribution in [0, 0.1) is 0 Å². The highest BCUT2D eigenvalue weighted by atomic mass is 16.5. The molecule has 0 saturated carbocycles. The average molecular weight is 383 g/mol. The maximum Gasteiger partial charge on any atom is 0.240 e. The summed E-state index contributed by atoms with van der Waals surface area (Å²) in [7, 11) is 0. The van der Waals surface area contributed by atoms with Gasteiger partial charge < -0.3 is 19.5 Å². The molecule has 4 heterocycles. The average Bonchev–Trinajstić information content (AvgIpc) is 3.19. The number of hydrogen-bond acceptors (Lipinski definition) is 6. The van der Waals surface area contributed by atoms with Crippen LogP contribution in [0.1, 0.15) is 30.9 Å². The Labute approximate surface area is 163 Å². The first kappa shape index (κ1) is 18.6. The minimum Gasteiger partial charge on any atom is -0.381 e. The number of carbonyl (C=O) groups excluding carboxylic acids is 1. The van der Waals surface area contributed by atoms with Gasteiger partial charge >= 0.3 is 0 Å². The van der Waals surface area contributed by atoms with Crippen molar-refractivity contribution in [1.29, 1.82) is 0 Å². The number of rotatable bonds is 5. The summed E-state index contributed by atoms with van der Waals surface area (Å²) in [5.41, 5.74) is 1.02. The van der Waals surface area contributed by atoms with Gasteiger partial charge in [-0.05, 0) is 25.3 Å². The quantitative estimate of drug-likeness (QED) is 0.826. The second-order valence-corrected chi connectivity index (χ2v) is 7.37. The van der Waals surface area contributed by atoms with Gasteiger partial charge in [0.2, 0.25) is 11.9 Å². The number of aromatic nitrogens is 3. The van der Waals surface area contributed by atoms with E-state index in [1.165, 1.54) is 12.1 Å². The van der Waals surface area contributed by atoms with Crippen molar-refractivity contribution in [3.8, 4) is 0 Å². The molecule has 4 rings (SSSR count). The first-order valence-electron chi connectivity index (χ1n) is 9.78. The Morgan fingerprint density at radius 2 is 1.96 bits per heavy atom. The fraction of sp³-hybridized carbons (Fsp3) is 0.500. The highest BCUT2D eigenvalue weighted by Crippen LogP contribution is 2.26. The van der Waals surface area contributed by atoms with Crippen LogP contribution >= 0.6 is 0 Å². The topological polar surface area (TPSA) is 89.4 Å². The minimum atomic E-state index is -0.0638. The molecule has 0 bridgehead atoms. The Kier molecular flexibility index (Phi) is 5.66. The monoisotopic (exact) mass is 383 g/mol. The Bertz CT molecular complexity index is 858. The molecule has 1 atom stereocenters. The van der Waals surface area contributed by atoms with Gasteiger partial charge in [0.1, 0.15) is 6.54 Å². The van der Waals surface area contributed by atoms with Crippen molar-refractivity contribution in [2.45, 2.75) is 37.8 Å². The van der Waals surface area contributed by atoms with Gasteiger partial charge in [0.15, 0.2) is 5.43 Å². The minimum absolute atomic E-state index is 0.0626. The number of ether oxygens (including phenoxy) is 1. The maximum atomic E-state index is 12.3. The predicted molar refractivity (Wildman–Crippen MR) is 104 cm³/mol. The van der Waals surface area contributed by atoms with Crippen molar-refractivity contribution in [1.82, 2.24) is 19.9 Å². The first-order valence-corrected chi connectivity index (χ1v) is 9.78. The van der Waals surface area contributed by atoms with Gasteiger partial charge in [-0.2, -0.15) is 0 Å². The highest BCUT2D eigenvalue weighted by Gasteiger charge is 2.26. The lowest BCUT2D eigenvalue weighted by atomic mass is 9.96. The van der Waals surface area contributed by atoms with Crippen LogP contribution in [0.4, 0.5) is 5.95 Å². The summed E-state index contributed by atoms with van der Waals surface area (Å²) >= 11 is 0. The van der Waals surface area contributed by atoms with Crippen molar-refractivity contribution in [3.63, 3.8) is 0 Å². The van der Waals surface area contributed by atoms with Crippen LogP contribution in [0.2, 0.25) is 0 Å². The van der Waals surface area contributed by atoms with Crippen LogP contribution in [-0.2, 0) is 16.1 Å². The van der Waals surface area contributed by atoms with Crippen LogP contribution in [0.5, 0.6) is 0 Å². The number of amides is 1. The van der Waals surface area contributed by atoms with E-state index in [0.717, 1.165) is 50.7 Å². The Morgan fingerprint density at radius 1 is 1.18 bits per heavy atom. The van der Waals surface area contributed by atoms with Crippen molar-refractivity contribution < 1.29 is 9.53 Å². The zero-order chi connectivity index (χ0) is 19.3. The molecule has 2 aliphatic heterocycles. The summed E-state index contributed by atoms with van der Waals surface area (Å²) in [5, 5.41) is 3.07. The molecule has 2 fully saturated rings. The van der Waals surface area contributed by atoms with Gasteiger partial charge in [-0.15, -0.1) is 0 Å². The summed E-state index contributed by atoms with van der Waals surface area (Å²) in [4.78, 5) is 34.8. The van der Waals surface area contributed by atoms with Gasteiger partial charge in [-0.1, -0.05) is 0 Å². The van der Waals surface area contributed by atoms with Crippen molar-refractivity contribution >= 4 is 11.9 Å². The second kappa shape index (κ2) is 8.52. The molecular weight excluding hydrogens is 358 g/mol. The molecule has 2 aliphatic rings. The number of nitrogens with zero attached hydrogens (tertiary/aromatic N) is 4. The van der Waals surface area contributed by atoms with E-state index < -0.39 is 0 Å². The number of anilines is 1. The zero-order valence-electron chi connectivity index (χ0n) is 15.8. The fourth-order valence-electron chi connectivity index (χ4n) is 3.78. The molecule has 0 aliphatic carbocycles. The van der Waals surface area contributed by atoms with E-state index >= 15 is 0 Å². The third-order valence-electron chi connectivity index (χ3n) is 5.33. The van der Waals surface area contributed by atoms with Crippen LogP contribution < -0.4 is 15.6 Å². The van der Waals surface area contributed by atoms with Gasteiger partial charge in [-0.3, -0.25) is 9.59 Å². The lowest BCUT2D eigenvalue weighted by Crippen LogP contribution is -2.39. The van der Waals surface area contributed by atoms with Gasteiger partial charge in [0.05, 0.1) is 0 Å². The van der Waals surface area contributed by atoms with Gasteiger partial charge in [0, 0.05) is 74.7 Å². The van der Waals surface area contributed by atoms with Crippen molar-refractivity contribution in [2.75, 3.05) is 31.2 Å². The van der Waals surface area contributed by atoms with Crippen LogP contribution in [-0.4, -0.2) is 52.8 Å². The largest absolute Gasteiger partial charge is 0.381 e. The number of carbonyl (C=O) groups is 1. The molecule has 1 amide bonds. The zero-order valence-corrected chi connectivity index (χ0v) is 15.8. The molecule has 2 aromatic heterocycles. The Morgan fingerprint density at radius 3 is 2.75 bits per heavy atom. The third-order valence-corrected chi connectivity index (χ3v) is 5.33. The molecule has 8 nitrogen and oxygen atoms in total. The molecule has 0 spiro atoms. The molecule has 1 unspecified atom stereocenters. The van der Waals surface area contributed by atoms with E-state index in [-0.39, 0.29) is 23.9 Å². The van der Waals surface area contributed by atoms with Crippen LogP contribution in [0.3, 0.4) is 0 Å². The number of pyridine rings is 1. The van der Waals surface area contributed by atoms with E-state index in [9.17, 15) is 9.59 Å². The molecule has 2 aromatic rings. The fourth-order valence-corrected chi connectivity index (χ4v) is 3.78. The van der Waals surface area contributed by atoms with E-state index in [1.807, 2.05) is 12.3 Å². The standard InChI is InChI=1S/C20H25N5O3/c26-17-3-8-24(9-4-17)14-19(27)22-16-2-10-25(13-16)20-21-7-1-18(23-20)15-5-11-28-12-6-15/h1,3-4,7-9,15-16H,2,5-6,10-14H2,(H,22,27). The van der Waals surface area contributed by atoms with E-state index in [0.29, 0.717) is 12.5 Å². The molecule has 148 valence electrons. The molecule has 0 radical (unpaired) electrons. The second-order valence-electron chi connectivity index (χ2n) is 7.37. The maximum absolute atomic E-state index is 12.3. The van der Waals surface area contributed by atoms with Gasteiger partial charge in [-0.25, -0.2) is 9.97 Å². The molecular formula is C20H25N5O3. The summed E-state index contributed by atoms with van der Waals surface area (Å²) in [6, 6.07) is 4.97. The SMILES string of the molecule is O=C(Cn1ccc(=O)cc1)NC1CCN(c2nccc(C3CCOCC3)n2)C1. The summed E-state index contributed by atoms with van der Waals surface area (Å²) in [6.45, 7) is 3.30. The van der Waals surface area contributed by atoms with Crippen molar-refractivity contribution in [2.24, 2.45) is 0 Å². The molecule has 0 aromatic carbocycles. The normalized spacial score (nSPS) is 20.3. The van der Waals surface area contributed by atoms with E-state index in [2.05, 4.69) is 15.2 Å². The van der Waals surface area contributed by atoms with E-state index in [4.69, 9.17) is 9.72 Å². The Hall–Kier alpha value is -2.74. The van der Waals surface area contributed by atoms with Crippen molar-refractivity contribution in [3.05, 3.63) is 52.7 Å². The molecule has 8 heteroatoms. The predicted octanol–water partition coefficient (Wildman–Crippen LogP) is 0.927. The number of hydrogen-bond donors (Lipinski definition) is 1. The number of nitrogens with one attached hydrogen (secondary N) is 1. The lowest BCUT2D eigenvalue weighted by molar-refractivity contribution is -0.122. The van der Waals surface area contributed by atoms with Gasteiger partial charge in [0.25, 0.3) is 0 Å². The summed E-state index contributed by atoms with van der Waals surface area (Å²) < 4.78 is 7.14. The smallest absolute Gasteiger partial charge is 0.240 e. The summed E-state index contributed by atoms with van der Waals surface area (Å²) in [6.07, 6.45) is 7.94.